The third kappa shape index (κ3) is 5.72. The fraction of sp³-hybridized carbons (Fsp3) is 0.278. The van der Waals surface area contributed by atoms with Crippen molar-refractivity contribution in [2.24, 2.45) is 0 Å². The lowest BCUT2D eigenvalue weighted by atomic mass is 10.2. The predicted molar refractivity (Wildman–Crippen MR) is 96.6 cm³/mol. The number of hydrogen-bond acceptors (Lipinski definition) is 5. The molecule has 0 saturated carbocycles. The van der Waals surface area contributed by atoms with Crippen molar-refractivity contribution in [3.8, 4) is 0 Å². The van der Waals surface area contributed by atoms with E-state index in [1.165, 1.54) is 18.3 Å². The molecule has 0 aliphatic rings. The molecule has 1 heterocycles. The van der Waals surface area contributed by atoms with Gasteiger partial charge in [-0.3, -0.25) is 14.4 Å². The molecule has 1 atom stereocenters. The number of ether oxygens (including phenoxy) is 1. The van der Waals surface area contributed by atoms with Crippen LogP contribution in [0.2, 0.25) is 0 Å². The number of rotatable bonds is 7. The molecule has 2 aromatic rings. The third-order valence-corrected chi connectivity index (χ3v) is 4.16. The maximum Gasteiger partial charge on any atom is 0.308 e. The zero-order chi connectivity index (χ0) is 18.2. The molecule has 2 N–H and O–H groups in total. The molecule has 7 heteroatoms. The van der Waals surface area contributed by atoms with Crippen molar-refractivity contribution < 1.29 is 19.1 Å². The van der Waals surface area contributed by atoms with Gasteiger partial charge in [-0.1, -0.05) is 18.2 Å². The molecule has 1 aromatic carbocycles. The summed E-state index contributed by atoms with van der Waals surface area (Å²) < 4.78 is 5.10. The fourth-order valence-electron chi connectivity index (χ4n) is 2.03. The van der Waals surface area contributed by atoms with Gasteiger partial charge in [0.15, 0.2) is 6.10 Å². The van der Waals surface area contributed by atoms with Gasteiger partial charge in [-0.15, -0.1) is 0 Å². The number of hydrogen-bond donors (Lipinski definition) is 2. The highest BCUT2D eigenvalue weighted by Gasteiger charge is 2.18. The number of esters is 1. The van der Waals surface area contributed by atoms with Gasteiger partial charge in [0, 0.05) is 23.2 Å². The number of benzene rings is 1. The Kier molecular flexibility index (Phi) is 6.71. The highest BCUT2D eigenvalue weighted by molar-refractivity contribution is 7.08. The van der Waals surface area contributed by atoms with Crippen LogP contribution in [0.4, 0.5) is 5.69 Å². The number of amides is 2. The molecule has 1 aromatic heterocycles. The second kappa shape index (κ2) is 8.98. The SMILES string of the molecule is Cc1ccccc1NC(=O)C(C)OC(=O)CCNC(=O)c1ccsc1. The monoisotopic (exact) mass is 360 g/mol. The van der Waals surface area contributed by atoms with E-state index in [-0.39, 0.29) is 18.9 Å². The van der Waals surface area contributed by atoms with Crippen LogP contribution in [0, 0.1) is 6.92 Å². The summed E-state index contributed by atoms with van der Waals surface area (Å²) in [6, 6.07) is 9.05. The summed E-state index contributed by atoms with van der Waals surface area (Å²) in [6.45, 7) is 3.54. The molecule has 0 spiro atoms. The normalized spacial score (nSPS) is 11.4. The Morgan fingerprint density at radius 3 is 2.64 bits per heavy atom. The van der Waals surface area contributed by atoms with Crippen molar-refractivity contribution >= 4 is 34.8 Å². The van der Waals surface area contributed by atoms with Crippen molar-refractivity contribution in [1.29, 1.82) is 0 Å². The molecular weight excluding hydrogens is 340 g/mol. The van der Waals surface area contributed by atoms with Crippen LogP contribution in [0.15, 0.2) is 41.1 Å². The Morgan fingerprint density at radius 2 is 1.96 bits per heavy atom. The van der Waals surface area contributed by atoms with E-state index in [0.29, 0.717) is 11.3 Å². The van der Waals surface area contributed by atoms with Gasteiger partial charge in [-0.25, -0.2) is 0 Å². The summed E-state index contributed by atoms with van der Waals surface area (Å²) in [7, 11) is 0. The van der Waals surface area contributed by atoms with Gasteiger partial charge in [0.1, 0.15) is 0 Å². The Morgan fingerprint density at radius 1 is 1.20 bits per heavy atom. The molecule has 1 unspecified atom stereocenters. The molecule has 25 heavy (non-hydrogen) atoms. The Bertz CT molecular complexity index is 743. The molecular formula is C18H20N2O4S. The van der Waals surface area contributed by atoms with Crippen LogP contribution in [0.3, 0.4) is 0 Å². The standard InChI is InChI=1S/C18H20N2O4S/c1-12-5-3-4-6-15(12)20-17(22)13(2)24-16(21)7-9-19-18(23)14-8-10-25-11-14/h3-6,8,10-11,13H,7,9H2,1-2H3,(H,19,23)(H,20,22). The van der Waals surface area contributed by atoms with Gasteiger partial charge in [0.2, 0.25) is 0 Å². The second-order valence-electron chi connectivity index (χ2n) is 5.45. The zero-order valence-corrected chi connectivity index (χ0v) is 14.9. The lowest BCUT2D eigenvalue weighted by Gasteiger charge is -2.14. The van der Waals surface area contributed by atoms with E-state index in [4.69, 9.17) is 4.74 Å². The molecule has 0 aliphatic heterocycles. The minimum Gasteiger partial charge on any atom is -0.452 e. The molecule has 0 radical (unpaired) electrons. The topological polar surface area (TPSA) is 84.5 Å². The summed E-state index contributed by atoms with van der Waals surface area (Å²) in [6.07, 6.45) is -0.919. The average molecular weight is 360 g/mol. The average Bonchev–Trinajstić information content (AvgIpc) is 3.11. The first-order valence-corrected chi connectivity index (χ1v) is 8.78. The van der Waals surface area contributed by atoms with Crippen molar-refractivity contribution in [1.82, 2.24) is 5.32 Å². The third-order valence-electron chi connectivity index (χ3n) is 3.48. The molecule has 2 amide bonds. The summed E-state index contributed by atoms with van der Waals surface area (Å²) in [5.74, 6) is -1.18. The van der Waals surface area contributed by atoms with E-state index in [0.717, 1.165) is 5.56 Å². The van der Waals surface area contributed by atoms with Gasteiger partial charge in [0.05, 0.1) is 6.42 Å². The van der Waals surface area contributed by atoms with Crippen molar-refractivity contribution in [3.05, 3.63) is 52.2 Å². The van der Waals surface area contributed by atoms with Crippen LogP contribution in [-0.2, 0) is 14.3 Å². The number of para-hydroxylation sites is 1. The van der Waals surface area contributed by atoms with E-state index < -0.39 is 18.0 Å². The number of nitrogens with one attached hydrogen (secondary N) is 2. The number of thiophene rings is 1. The maximum atomic E-state index is 12.1. The van der Waals surface area contributed by atoms with Crippen molar-refractivity contribution in [3.63, 3.8) is 0 Å². The summed E-state index contributed by atoms with van der Waals surface area (Å²) in [4.78, 5) is 35.6. The first-order chi connectivity index (χ1) is 12.0. The van der Waals surface area contributed by atoms with E-state index in [9.17, 15) is 14.4 Å². The molecule has 6 nitrogen and oxygen atoms in total. The fourth-order valence-corrected chi connectivity index (χ4v) is 2.67. The van der Waals surface area contributed by atoms with Crippen LogP contribution < -0.4 is 10.6 Å². The summed E-state index contributed by atoms with van der Waals surface area (Å²) in [5.41, 5.74) is 2.16. The quantitative estimate of drug-likeness (QED) is 0.744. The molecule has 0 saturated heterocycles. The Balaban J connectivity index is 1.73. The first kappa shape index (κ1) is 18.7. The minimum absolute atomic E-state index is 0.00212. The molecule has 0 aliphatic carbocycles. The molecule has 132 valence electrons. The molecule has 2 rings (SSSR count). The van der Waals surface area contributed by atoms with Crippen LogP contribution in [0.1, 0.15) is 29.3 Å². The van der Waals surface area contributed by atoms with Crippen molar-refractivity contribution in [2.45, 2.75) is 26.4 Å². The number of anilines is 1. The zero-order valence-electron chi connectivity index (χ0n) is 14.1. The highest BCUT2D eigenvalue weighted by atomic mass is 32.1. The number of carbonyl (C=O) groups is 3. The predicted octanol–water partition coefficient (Wildman–Crippen LogP) is 2.75. The van der Waals surface area contributed by atoms with Gasteiger partial charge in [-0.05, 0) is 36.9 Å². The largest absolute Gasteiger partial charge is 0.452 e. The summed E-state index contributed by atoms with van der Waals surface area (Å²) in [5, 5.41) is 8.89. The molecule has 0 fully saturated rings. The van der Waals surface area contributed by atoms with Gasteiger partial charge < -0.3 is 15.4 Å². The first-order valence-electron chi connectivity index (χ1n) is 7.83. The Hall–Kier alpha value is -2.67. The smallest absolute Gasteiger partial charge is 0.308 e. The lowest BCUT2D eigenvalue weighted by molar-refractivity contribution is -0.153. The summed E-state index contributed by atoms with van der Waals surface area (Å²) >= 11 is 1.42. The second-order valence-corrected chi connectivity index (χ2v) is 6.23. The Labute approximate surface area is 150 Å². The van der Waals surface area contributed by atoms with Gasteiger partial charge in [-0.2, -0.15) is 11.3 Å². The van der Waals surface area contributed by atoms with Gasteiger partial charge >= 0.3 is 5.97 Å². The van der Waals surface area contributed by atoms with E-state index in [1.807, 2.05) is 25.1 Å². The maximum absolute atomic E-state index is 12.1. The molecule has 0 bridgehead atoms. The highest BCUT2D eigenvalue weighted by Crippen LogP contribution is 2.13. The van der Waals surface area contributed by atoms with E-state index in [1.54, 1.807) is 22.9 Å². The number of aryl methyl sites for hydroxylation is 1. The van der Waals surface area contributed by atoms with E-state index >= 15 is 0 Å². The lowest BCUT2D eigenvalue weighted by Crippen LogP contribution is -2.32. The number of carbonyl (C=O) groups excluding carboxylic acids is 3. The van der Waals surface area contributed by atoms with E-state index in [2.05, 4.69) is 10.6 Å². The van der Waals surface area contributed by atoms with Crippen LogP contribution in [0.5, 0.6) is 0 Å². The van der Waals surface area contributed by atoms with Crippen molar-refractivity contribution in [2.75, 3.05) is 11.9 Å². The van der Waals surface area contributed by atoms with Crippen LogP contribution in [-0.4, -0.2) is 30.4 Å². The minimum atomic E-state index is -0.917. The van der Waals surface area contributed by atoms with Crippen LogP contribution >= 0.6 is 11.3 Å². The van der Waals surface area contributed by atoms with Gasteiger partial charge in [0.25, 0.3) is 11.8 Å². The van der Waals surface area contributed by atoms with Crippen LogP contribution in [0.25, 0.3) is 0 Å².